The maximum absolute atomic E-state index is 13.7. The number of imide groups is 1. The number of amidine groups is 1. The van der Waals surface area contributed by atoms with Crippen LogP contribution in [0.2, 0.25) is 0 Å². The van der Waals surface area contributed by atoms with Crippen LogP contribution in [-0.2, 0) is 45.5 Å². The van der Waals surface area contributed by atoms with E-state index in [1.54, 1.807) is 49.1 Å². The van der Waals surface area contributed by atoms with Crippen LogP contribution < -0.4 is 38.1 Å². The summed E-state index contributed by atoms with van der Waals surface area (Å²) in [5.41, 5.74) is 14.5. The third kappa shape index (κ3) is 14.3. The molecular weight excluding hydrogens is 861 g/mol. The molecule has 360 valence electrons. The minimum Gasteiger partial charge on any atom is -0.395 e. The van der Waals surface area contributed by atoms with Crippen molar-refractivity contribution in [2.24, 2.45) is 22.4 Å². The van der Waals surface area contributed by atoms with Crippen LogP contribution in [0.4, 0.5) is 16.2 Å². The molecule has 2 aromatic rings. The molecule has 2 heterocycles. The highest BCUT2D eigenvalue weighted by molar-refractivity contribution is 6.13. The molecule has 0 spiro atoms. The molecule has 0 unspecified atom stereocenters. The largest absolute Gasteiger partial charge is 0.395 e. The molecule has 67 heavy (non-hydrogen) atoms. The minimum atomic E-state index is -1.04. The number of rotatable bonds is 25. The molecule has 5 rings (SSSR count). The Hall–Kier alpha value is -6.89. The van der Waals surface area contributed by atoms with Gasteiger partial charge in [0.15, 0.2) is 0 Å². The Labute approximate surface area is 390 Å². The fraction of sp³-hybridized carbons (Fsp3) is 0.479. The van der Waals surface area contributed by atoms with Crippen LogP contribution in [0.5, 0.6) is 0 Å². The van der Waals surface area contributed by atoms with Gasteiger partial charge >= 0.3 is 6.03 Å². The SMILES string of the molecule is CCCN(CCO)C(=O)C1=Cc2ccc(C3(C(=O)NCc4ccc(NC(=O)[C@H](CCCNC(N)=O)NC(=O)[C@@H](NC(=O)CCCCCN5C(=O)C=CC5=O)C(C)C)cc4)CC3)cc2N=C(N)C1. The quantitative estimate of drug-likeness (QED) is 0.0532. The summed E-state index contributed by atoms with van der Waals surface area (Å²) < 4.78 is 0. The highest BCUT2D eigenvalue weighted by Gasteiger charge is 2.51. The first-order valence-electron chi connectivity index (χ1n) is 23.0. The number of urea groups is 1. The van der Waals surface area contributed by atoms with E-state index >= 15 is 0 Å². The number of benzene rings is 2. The lowest BCUT2D eigenvalue weighted by molar-refractivity contribution is -0.137. The summed E-state index contributed by atoms with van der Waals surface area (Å²) in [6.45, 7) is 6.72. The van der Waals surface area contributed by atoms with Gasteiger partial charge in [0.2, 0.25) is 29.5 Å². The van der Waals surface area contributed by atoms with Crippen molar-refractivity contribution in [3.05, 3.63) is 76.9 Å². The average molecular weight is 925 g/mol. The highest BCUT2D eigenvalue weighted by Crippen LogP contribution is 2.50. The molecule has 0 radical (unpaired) electrons. The zero-order valence-electron chi connectivity index (χ0n) is 38.5. The number of hydrogen-bond donors (Lipinski definition) is 8. The van der Waals surface area contributed by atoms with Crippen molar-refractivity contribution < 1.29 is 43.5 Å². The molecule has 1 fully saturated rings. The number of anilines is 1. The normalized spacial score (nSPS) is 15.6. The first kappa shape index (κ1) is 51.1. The Kier molecular flexibility index (Phi) is 18.3. The summed E-state index contributed by atoms with van der Waals surface area (Å²) in [7, 11) is 0. The third-order valence-corrected chi connectivity index (χ3v) is 11.9. The van der Waals surface area contributed by atoms with E-state index in [-0.39, 0.29) is 93.3 Å². The van der Waals surface area contributed by atoms with Crippen molar-refractivity contribution >= 4 is 70.7 Å². The Morgan fingerprint density at radius 2 is 1.61 bits per heavy atom. The maximum atomic E-state index is 13.7. The number of carbonyl (C=O) groups excluding carboxylic acids is 8. The summed E-state index contributed by atoms with van der Waals surface area (Å²) >= 11 is 0. The van der Waals surface area contributed by atoms with Gasteiger partial charge < -0.3 is 48.1 Å². The molecule has 0 bridgehead atoms. The number of aliphatic hydroxyl groups is 1. The van der Waals surface area contributed by atoms with Gasteiger partial charge in [0.25, 0.3) is 11.8 Å². The topological polar surface area (TPSA) is 288 Å². The maximum Gasteiger partial charge on any atom is 0.312 e. The lowest BCUT2D eigenvalue weighted by atomic mass is 9.92. The smallest absolute Gasteiger partial charge is 0.312 e. The van der Waals surface area contributed by atoms with Gasteiger partial charge in [-0.2, -0.15) is 0 Å². The molecule has 2 aliphatic heterocycles. The van der Waals surface area contributed by atoms with Gasteiger partial charge in [-0.1, -0.05) is 51.5 Å². The molecule has 0 saturated heterocycles. The van der Waals surface area contributed by atoms with E-state index in [1.165, 1.54) is 12.2 Å². The first-order valence-corrected chi connectivity index (χ1v) is 23.0. The molecule has 0 aromatic heterocycles. The monoisotopic (exact) mass is 924 g/mol. The second-order valence-corrected chi connectivity index (χ2v) is 17.4. The second-order valence-electron chi connectivity index (χ2n) is 17.4. The van der Waals surface area contributed by atoms with Gasteiger partial charge in [-0.25, -0.2) is 9.79 Å². The van der Waals surface area contributed by atoms with Crippen LogP contribution in [0.3, 0.4) is 0 Å². The Morgan fingerprint density at radius 1 is 0.896 bits per heavy atom. The molecule has 1 saturated carbocycles. The van der Waals surface area contributed by atoms with Crippen molar-refractivity contribution in [2.45, 2.75) is 109 Å². The van der Waals surface area contributed by atoms with E-state index in [0.29, 0.717) is 67.6 Å². The molecule has 9 amide bonds. The molecule has 2 atom stereocenters. The summed E-state index contributed by atoms with van der Waals surface area (Å²) in [5, 5.41) is 23.4. The fourth-order valence-corrected chi connectivity index (χ4v) is 8.01. The Morgan fingerprint density at radius 3 is 2.25 bits per heavy atom. The predicted octanol–water partition coefficient (Wildman–Crippen LogP) is 2.54. The predicted molar refractivity (Wildman–Crippen MR) is 252 cm³/mol. The Balaban J connectivity index is 1.15. The van der Waals surface area contributed by atoms with E-state index in [0.717, 1.165) is 22.4 Å². The van der Waals surface area contributed by atoms with Gasteiger partial charge in [0, 0.05) is 74.5 Å². The summed E-state index contributed by atoms with van der Waals surface area (Å²) in [6.07, 6.45) is 8.58. The number of aliphatic hydroxyl groups excluding tert-OH is 1. The number of nitrogens with one attached hydrogen (secondary N) is 5. The van der Waals surface area contributed by atoms with Crippen molar-refractivity contribution in [1.29, 1.82) is 0 Å². The molecule has 2 aromatic carbocycles. The van der Waals surface area contributed by atoms with Crippen LogP contribution in [0.15, 0.2) is 65.2 Å². The number of primary amides is 1. The van der Waals surface area contributed by atoms with Gasteiger partial charge in [-0.3, -0.25) is 38.5 Å². The number of nitrogens with two attached hydrogens (primary N) is 2. The minimum absolute atomic E-state index is 0.121. The zero-order chi connectivity index (χ0) is 48.7. The first-order chi connectivity index (χ1) is 32.0. The van der Waals surface area contributed by atoms with Crippen LogP contribution in [0, 0.1) is 5.92 Å². The van der Waals surface area contributed by atoms with E-state index in [9.17, 15) is 43.5 Å². The number of fused-ring (bicyclic) bond motifs is 1. The van der Waals surface area contributed by atoms with Crippen LogP contribution in [0.1, 0.15) is 102 Å². The van der Waals surface area contributed by atoms with Crippen LogP contribution >= 0.6 is 0 Å². The van der Waals surface area contributed by atoms with Crippen molar-refractivity contribution in [3.63, 3.8) is 0 Å². The molecule has 1 aliphatic carbocycles. The van der Waals surface area contributed by atoms with Gasteiger partial charge in [0.05, 0.1) is 17.7 Å². The summed E-state index contributed by atoms with van der Waals surface area (Å²) in [4.78, 5) is 109. The van der Waals surface area contributed by atoms with E-state index in [2.05, 4.69) is 31.6 Å². The average Bonchev–Trinajstić information content (AvgIpc) is 4.07. The van der Waals surface area contributed by atoms with Gasteiger partial charge in [0.1, 0.15) is 17.9 Å². The lowest BCUT2D eigenvalue weighted by Gasteiger charge is -2.25. The van der Waals surface area contributed by atoms with E-state index in [1.807, 2.05) is 25.1 Å². The summed E-state index contributed by atoms with van der Waals surface area (Å²) in [5.74, 6) is -2.54. The number of hydrogen-bond acceptors (Lipinski definition) is 11. The van der Waals surface area contributed by atoms with E-state index in [4.69, 9.17) is 11.5 Å². The van der Waals surface area contributed by atoms with Crippen molar-refractivity contribution in [2.75, 3.05) is 38.1 Å². The zero-order valence-corrected chi connectivity index (χ0v) is 38.5. The molecule has 19 heteroatoms. The molecule has 3 aliphatic rings. The fourth-order valence-electron chi connectivity index (χ4n) is 8.01. The second kappa shape index (κ2) is 24.0. The molecule has 10 N–H and O–H groups in total. The number of unbranched alkanes of at least 4 members (excludes halogenated alkanes) is 2. The van der Waals surface area contributed by atoms with Crippen molar-refractivity contribution in [1.82, 2.24) is 31.1 Å². The summed E-state index contributed by atoms with van der Waals surface area (Å²) in [6, 6.07) is 9.77. The third-order valence-electron chi connectivity index (χ3n) is 11.9. The molecular formula is C48H64N10O9. The van der Waals surface area contributed by atoms with E-state index < -0.39 is 35.3 Å². The number of aliphatic imine (C=N–C) groups is 1. The standard InChI is InChI=1S/C48H64N10O9/c1-4-22-57(24-25-59)45(65)33-26-32-13-14-34(28-37(32)54-38(49)27-33)48(19-20-48)46(66)52-29-31-11-15-35(16-12-31)53-43(63)36(9-8-21-51-47(50)67)55-44(64)42(30(2)3)56-39(60)10-6-5-7-23-58-40(61)17-18-41(58)62/h11-18,26,28,30,36,42,59H,4-10,19-25,27,29H2,1-3H3,(H2,49,54)(H,52,66)(H,53,63)(H,55,64)(H,56,60)(H3,50,51,67)/t36-,42-/m0/s1. The van der Waals surface area contributed by atoms with Gasteiger partial charge in [-0.15, -0.1) is 0 Å². The molecule has 19 nitrogen and oxygen atoms in total. The number of amides is 9. The number of nitrogens with zero attached hydrogens (tertiary/aromatic N) is 3. The van der Waals surface area contributed by atoms with Gasteiger partial charge in [-0.05, 0) is 86.3 Å². The lowest BCUT2D eigenvalue weighted by Crippen LogP contribution is -2.54. The highest BCUT2D eigenvalue weighted by atomic mass is 16.3. The van der Waals surface area contributed by atoms with Crippen LogP contribution in [0.25, 0.3) is 6.08 Å². The van der Waals surface area contributed by atoms with Crippen molar-refractivity contribution in [3.8, 4) is 0 Å². The Bertz CT molecular complexity index is 2240. The number of carbonyl (C=O) groups is 8. The van der Waals surface area contributed by atoms with Crippen LogP contribution in [-0.4, -0.2) is 113 Å².